The van der Waals surface area contributed by atoms with Crippen molar-refractivity contribution >= 4 is 111 Å². The summed E-state index contributed by atoms with van der Waals surface area (Å²) in [6.07, 6.45) is -4.46. The van der Waals surface area contributed by atoms with Gasteiger partial charge in [0.05, 0.1) is 116 Å². The molecule has 4 N–H and O–H groups in total. The maximum Gasteiger partial charge on any atom is 0.573 e. The molecule has 0 saturated carbocycles. The van der Waals surface area contributed by atoms with Crippen LogP contribution in [0.4, 0.5) is 75.4 Å². The largest absolute Gasteiger partial charge is 0.573 e. The Kier molecular flexibility index (Phi) is 36.3. The van der Waals surface area contributed by atoms with Crippen molar-refractivity contribution in [2.45, 2.75) is 44.7 Å². The molecule has 12 aromatic rings. The molecule has 12 aromatic carbocycles. The van der Waals surface area contributed by atoms with E-state index in [9.17, 15) is 86.4 Å². The number of hydrogen-bond acceptors (Lipinski definition) is 22. The number of methoxy groups -OCH3 is 12. The zero-order valence-corrected chi connectivity index (χ0v) is 78.1. The molecule has 0 saturated heterocycles. The van der Waals surface area contributed by atoms with Gasteiger partial charge in [-0.05, 0) is 220 Å². The number of sulfonamides is 4. The van der Waals surface area contributed by atoms with Crippen molar-refractivity contribution in [3.8, 4) is 80.5 Å². The van der Waals surface area contributed by atoms with Crippen molar-refractivity contribution in [2.24, 2.45) is 0 Å². The molecule has 0 fully saturated rings. The Labute approximate surface area is 787 Å². The summed E-state index contributed by atoms with van der Waals surface area (Å²) in [5, 5.41) is 0. The van der Waals surface area contributed by atoms with Gasteiger partial charge in [0.15, 0.2) is 46.0 Å². The minimum Gasteiger partial charge on any atom is -0.493 e. The molecule has 0 aliphatic heterocycles. The normalized spacial score (nSPS) is 11.9. The first-order valence-corrected chi connectivity index (χ1v) is 45.7. The molecular weight excluding hydrogens is 1920 g/mol. The van der Waals surface area contributed by atoms with Gasteiger partial charge in [-0.15, -0.1) is 26.3 Å². The standard InChI is InChI=1S/2C24H22F3NO6S.2C24H22F3NO5S/c1-31-21-14-17(15-22(32-2)23(21)33-3)5-4-16-6-8-18(9-7-16)28-35(29,30)20-12-10-19(11-13-20)34-24(25,26)27;1-31-21-13-17(14-22(32-2)23(21)33-3)8-7-16-9-11-18(12-10-16)28-35(29,30)20-6-4-5-19(15-20)34-24(25,26)27;1-31-21-14-17(15-22(32-2)23(21)33-3)5-4-16-6-10-19(11-7-16)28-34(29,30)20-12-8-18(9-13-20)24(25,26)27;1-31-21-13-17(14-22(32-2)23(21)33-3)8-7-16-9-11-19(12-10-16)28-34(29,30)20-6-4-5-18(15-20)24(25,26)27/h2*4-15,28H,1-3H3;2*4-15,28H,1-3H3/b5-4-;8-7-;5-4-;8-7-. The summed E-state index contributed by atoms with van der Waals surface area (Å²) in [6.45, 7) is 0. The van der Waals surface area contributed by atoms with E-state index >= 15 is 0 Å². The molecular formula is C96H88F12N4O22S4. The van der Waals surface area contributed by atoms with Gasteiger partial charge in [-0.2, -0.15) is 26.3 Å². The van der Waals surface area contributed by atoms with Gasteiger partial charge in [0.25, 0.3) is 40.1 Å². The van der Waals surface area contributed by atoms with E-state index in [4.69, 9.17) is 56.8 Å². The second-order valence-corrected chi connectivity index (χ2v) is 34.9. The number of hydrogen-bond donors (Lipinski definition) is 4. The van der Waals surface area contributed by atoms with Crippen LogP contribution in [0.5, 0.6) is 80.5 Å². The summed E-state index contributed by atoms with van der Waals surface area (Å²) in [4.78, 5) is -1.33. The van der Waals surface area contributed by atoms with E-state index in [2.05, 4.69) is 28.4 Å². The van der Waals surface area contributed by atoms with Crippen LogP contribution in [0.25, 0.3) is 48.6 Å². The number of ether oxygens (including phenoxy) is 14. The van der Waals surface area contributed by atoms with Crippen LogP contribution in [0.15, 0.2) is 262 Å². The van der Waals surface area contributed by atoms with E-state index in [1.54, 1.807) is 133 Å². The molecule has 42 heteroatoms. The highest BCUT2D eigenvalue weighted by Crippen LogP contribution is 2.44. The third kappa shape index (κ3) is 30.5. The lowest BCUT2D eigenvalue weighted by atomic mass is 10.1. The van der Waals surface area contributed by atoms with Crippen molar-refractivity contribution in [1.29, 1.82) is 0 Å². The summed E-state index contributed by atoms with van der Waals surface area (Å²) < 4.78 is 332. The molecule has 0 radical (unpaired) electrons. The van der Waals surface area contributed by atoms with Gasteiger partial charge in [0.2, 0.25) is 23.0 Å². The quantitative estimate of drug-likeness (QED) is 0.0215. The topological polar surface area (TPSA) is 314 Å². The van der Waals surface area contributed by atoms with E-state index in [1.165, 1.54) is 116 Å². The molecule has 732 valence electrons. The molecule has 0 aliphatic rings. The fourth-order valence-electron chi connectivity index (χ4n) is 12.4. The van der Waals surface area contributed by atoms with Gasteiger partial charge < -0.3 is 66.3 Å². The van der Waals surface area contributed by atoms with Gasteiger partial charge >= 0.3 is 25.1 Å². The predicted octanol–water partition coefficient (Wildman–Crippen LogP) is 22.6. The van der Waals surface area contributed by atoms with Crippen LogP contribution in [0.1, 0.15) is 55.6 Å². The van der Waals surface area contributed by atoms with Crippen LogP contribution in [0.2, 0.25) is 0 Å². The molecule has 0 amide bonds. The van der Waals surface area contributed by atoms with Gasteiger partial charge in [0, 0.05) is 28.8 Å². The van der Waals surface area contributed by atoms with Crippen molar-refractivity contribution in [3.63, 3.8) is 0 Å². The van der Waals surface area contributed by atoms with Crippen molar-refractivity contribution in [3.05, 3.63) is 298 Å². The maximum absolute atomic E-state index is 12.9. The summed E-state index contributed by atoms with van der Waals surface area (Å²) in [5.74, 6) is 4.79. The Balaban J connectivity index is 0.000000206. The number of rotatable bonds is 34. The Hall–Kier alpha value is -15.0. The maximum atomic E-state index is 12.9. The van der Waals surface area contributed by atoms with Gasteiger partial charge in [0.1, 0.15) is 11.5 Å². The predicted molar refractivity (Wildman–Crippen MR) is 498 cm³/mol. The highest BCUT2D eigenvalue weighted by Gasteiger charge is 2.35. The molecule has 0 heterocycles. The zero-order chi connectivity index (χ0) is 101. The van der Waals surface area contributed by atoms with E-state index in [-0.39, 0.29) is 37.4 Å². The summed E-state index contributed by atoms with van der Waals surface area (Å²) >= 11 is 0. The third-order valence-corrected chi connectivity index (χ3v) is 24.5. The van der Waals surface area contributed by atoms with Crippen LogP contribution in [0, 0.1) is 0 Å². The lowest BCUT2D eigenvalue weighted by molar-refractivity contribution is -0.275. The minimum absolute atomic E-state index is 0.210. The Morgan fingerprint density at radius 1 is 0.217 bits per heavy atom. The van der Waals surface area contributed by atoms with Gasteiger partial charge in [-0.25, -0.2) is 33.7 Å². The molecule has 0 aliphatic carbocycles. The highest BCUT2D eigenvalue weighted by molar-refractivity contribution is 7.93. The number of anilines is 4. The number of benzene rings is 12. The number of nitrogens with one attached hydrogen (secondary N) is 4. The lowest BCUT2D eigenvalue weighted by Gasteiger charge is -2.13. The van der Waals surface area contributed by atoms with E-state index < -0.39 is 92.7 Å². The summed E-state index contributed by atoms with van der Waals surface area (Å²) in [7, 11) is 1.84. The molecule has 0 bridgehead atoms. The monoisotopic (exact) mass is 2000 g/mol. The Morgan fingerprint density at radius 3 is 0.681 bits per heavy atom. The van der Waals surface area contributed by atoms with E-state index in [0.717, 1.165) is 129 Å². The average molecular weight is 2010 g/mol. The van der Waals surface area contributed by atoms with Gasteiger partial charge in [-0.1, -0.05) is 109 Å². The van der Waals surface area contributed by atoms with E-state index in [1.807, 2.05) is 36.5 Å². The van der Waals surface area contributed by atoms with Gasteiger partial charge in [-0.3, -0.25) is 18.9 Å². The van der Waals surface area contributed by atoms with Crippen LogP contribution in [0.3, 0.4) is 0 Å². The molecule has 26 nitrogen and oxygen atoms in total. The van der Waals surface area contributed by atoms with Crippen LogP contribution < -0.4 is 85.2 Å². The molecule has 0 unspecified atom stereocenters. The first kappa shape index (κ1) is 107. The molecule has 138 heavy (non-hydrogen) atoms. The minimum atomic E-state index is -4.93. The fraction of sp³-hybridized carbons (Fsp3) is 0.167. The lowest BCUT2D eigenvalue weighted by Crippen LogP contribution is -2.18. The van der Waals surface area contributed by atoms with Crippen LogP contribution in [-0.2, 0) is 52.4 Å². The second kappa shape index (κ2) is 46.9. The second-order valence-electron chi connectivity index (χ2n) is 28.2. The molecule has 12 rings (SSSR count). The van der Waals surface area contributed by atoms with E-state index in [0.29, 0.717) is 75.1 Å². The first-order chi connectivity index (χ1) is 65.2. The Morgan fingerprint density at radius 2 is 0.442 bits per heavy atom. The number of halogens is 12. The smallest absolute Gasteiger partial charge is 0.493 e. The SMILES string of the molecule is COc1cc(/C=C\c2ccc(NS(=O)(=O)c3ccc(C(F)(F)F)cc3)cc2)cc(OC)c1OC.COc1cc(/C=C\c2ccc(NS(=O)(=O)c3ccc(OC(F)(F)F)cc3)cc2)cc(OC)c1OC.COc1cc(/C=C\c2ccc(NS(=O)(=O)c3cccc(C(F)(F)F)c3)cc2)cc(OC)c1OC.COc1cc(/C=C\c2ccc(NS(=O)(=O)c3cccc(OC(F)(F)F)c3)cc2)cc(OC)c1OC. The summed E-state index contributed by atoms with van der Waals surface area (Å²) in [5.41, 5.74) is 5.28. The summed E-state index contributed by atoms with van der Waals surface area (Å²) in [6, 6.07) is 54.9. The van der Waals surface area contributed by atoms with Crippen molar-refractivity contribution in [1.82, 2.24) is 0 Å². The molecule has 0 spiro atoms. The molecule has 0 atom stereocenters. The highest BCUT2D eigenvalue weighted by atomic mass is 32.2. The number of alkyl halides is 12. The zero-order valence-electron chi connectivity index (χ0n) is 74.9. The first-order valence-electron chi connectivity index (χ1n) is 39.7. The average Bonchev–Trinajstić information content (AvgIpc) is 0.800. The molecule has 0 aromatic heterocycles. The van der Waals surface area contributed by atoms with Crippen molar-refractivity contribution < 1.29 is 153 Å². The van der Waals surface area contributed by atoms with Crippen LogP contribution in [-0.4, -0.2) is 132 Å². The van der Waals surface area contributed by atoms with Crippen LogP contribution >= 0.6 is 0 Å². The fourth-order valence-corrected chi connectivity index (χ4v) is 16.7. The Bertz CT molecular complexity index is 6680. The third-order valence-electron chi connectivity index (χ3n) is 19.0. The van der Waals surface area contributed by atoms with Crippen molar-refractivity contribution in [2.75, 3.05) is 104 Å².